The van der Waals surface area contributed by atoms with E-state index in [0.717, 1.165) is 6.07 Å². The molecule has 0 bridgehead atoms. The molecule has 1 atom stereocenters. The van der Waals surface area contributed by atoms with Crippen molar-refractivity contribution in [3.63, 3.8) is 0 Å². The average molecular weight is 400 g/mol. The van der Waals surface area contributed by atoms with Gasteiger partial charge in [0.15, 0.2) is 6.10 Å². The molecule has 0 fully saturated rings. The summed E-state index contributed by atoms with van der Waals surface area (Å²) >= 11 is 5.89. The van der Waals surface area contributed by atoms with Gasteiger partial charge >= 0.3 is 12.6 Å². The highest BCUT2D eigenvalue weighted by Crippen LogP contribution is 2.28. The lowest BCUT2D eigenvalue weighted by Gasteiger charge is -2.15. The Morgan fingerprint density at radius 3 is 2.56 bits per heavy atom. The highest BCUT2D eigenvalue weighted by Gasteiger charge is 2.21. The van der Waals surface area contributed by atoms with E-state index >= 15 is 0 Å². The fourth-order valence-corrected chi connectivity index (χ4v) is 2.27. The first-order valence-electron chi connectivity index (χ1n) is 7.70. The third kappa shape index (κ3) is 5.82. The van der Waals surface area contributed by atoms with E-state index < -0.39 is 24.6 Å². The van der Waals surface area contributed by atoms with Crippen molar-refractivity contribution in [2.45, 2.75) is 19.6 Å². The summed E-state index contributed by atoms with van der Waals surface area (Å²) in [6.07, 6.45) is -1.17. The number of halogens is 3. The Hall–Kier alpha value is -2.87. The smallest absolute Gasteiger partial charge is 0.387 e. The second-order valence-electron chi connectivity index (χ2n) is 5.29. The number of methoxy groups -OCH3 is 1. The van der Waals surface area contributed by atoms with E-state index in [2.05, 4.69) is 10.1 Å². The maximum Gasteiger partial charge on any atom is 0.387 e. The van der Waals surface area contributed by atoms with E-state index in [1.165, 1.54) is 38.3 Å². The Morgan fingerprint density at radius 2 is 1.89 bits per heavy atom. The molecule has 0 saturated heterocycles. The third-order valence-electron chi connectivity index (χ3n) is 3.37. The summed E-state index contributed by atoms with van der Waals surface area (Å²) in [4.78, 5) is 24.4. The minimum Gasteiger partial charge on any atom is -0.495 e. The number of hydrogen-bond acceptors (Lipinski definition) is 5. The summed E-state index contributed by atoms with van der Waals surface area (Å²) in [5, 5.41) is 2.93. The second-order valence-corrected chi connectivity index (χ2v) is 5.72. The van der Waals surface area contributed by atoms with E-state index in [1.54, 1.807) is 12.1 Å². The van der Waals surface area contributed by atoms with Gasteiger partial charge in [-0.25, -0.2) is 4.79 Å². The van der Waals surface area contributed by atoms with Gasteiger partial charge < -0.3 is 19.5 Å². The molecule has 2 rings (SSSR count). The summed E-state index contributed by atoms with van der Waals surface area (Å²) in [7, 11) is 1.43. The van der Waals surface area contributed by atoms with Gasteiger partial charge in [-0.1, -0.05) is 17.7 Å². The van der Waals surface area contributed by atoms with E-state index in [1.807, 2.05) is 0 Å². The van der Waals surface area contributed by atoms with Crippen LogP contribution in [0.5, 0.6) is 11.5 Å². The zero-order valence-electron chi connectivity index (χ0n) is 14.4. The van der Waals surface area contributed by atoms with Gasteiger partial charge in [0.2, 0.25) is 0 Å². The van der Waals surface area contributed by atoms with Crippen LogP contribution in [0.3, 0.4) is 0 Å². The van der Waals surface area contributed by atoms with Gasteiger partial charge in [0, 0.05) is 5.02 Å². The zero-order valence-corrected chi connectivity index (χ0v) is 15.1. The van der Waals surface area contributed by atoms with Crippen molar-refractivity contribution < 1.29 is 32.6 Å². The van der Waals surface area contributed by atoms with Crippen LogP contribution in [0, 0.1) is 0 Å². The van der Waals surface area contributed by atoms with Crippen LogP contribution in [0.2, 0.25) is 5.02 Å². The Labute approximate surface area is 159 Å². The summed E-state index contributed by atoms with van der Waals surface area (Å²) in [5.74, 6) is -1.30. The quantitative estimate of drug-likeness (QED) is 0.708. The van der Waals surface area contributed by atoms with Crippen molar-refractivity contribution in [3.8, 4) is 11.5 Å². The van der Waals surface area contributed by atoms with Crippen LogP contribution < -0.4 is 14.8 Å². The molecule has 0 heterocycles. The van der Waals surface area contributed by atoms with E-state index in [0.29, 0.717) is 16.5 Å². The van der Waals surface area contributed by atoms with Gasteiger partial charge in [0.1, 0.15) is 11.5 Å². The zero-order chi connectivity index (χ0) is 20.0. The summed E-state index contributed by atoms with van der Waals surface area (Å²) in [5.41, 5.74) is 0.276. The molecule has 0 aliphatic rings. The van der Waals surface area contributed by atoms with Crippen molar-refractivity contribution in [1.82, 2.24) is 0 Å². The van der Waals surface area contributed by atoms with Crippen LogP contribution in [-0.4, -0.2) is 31.7 Å². The molecule has 0 radical (unpaired) electrons. The molecule has 0 aliphatic heterocycles. The molecular weight excluding hydrogens is 384 g/mol. The number of nitrogens with one attached hydrogen (secondary N) is 1. The summed E-state index contributed by atoms with van der Waals surface area (Å²) < 4.78 is 38.9. The molecular formula is C18H16ClF2NO5. The highest BCUT2D eigenvalue weighted by molar-refractivity contribution is 6.31. The fraction of sp³-hybridized carbons (Fsp3) is 0.222. The molecule has 1 amide bonds. The number of benzene rings is 2. The SMILES string of the molecule is COc1ccc(Cl)cc1NC(=O)[C@H](C)OC(=O)c1cccc(OC(F)F)c1. The lowest BCUT2D eigenvalue weighted by Crippen LogP contribution is -2.30. The normalized spacial score (nSPS) is 11.6. The van der Waals surface area contributed by atoms with Gasteiger partial charge in [-0.05, 0) is 43.3 Å². The first-order valence-corrected chi connectivity index (χ1v) is 8.08. The molecule has 1 N–H and O–H groups in total. The number of anilines is 1. The number of esters is 1. The van der Waals surface area contributed by atoms with Crippen LogP contribution in [0.4, 0.5) is 14.5 Å². The number of carbonyl (C=O) groups is 2. The molecule has 0 unspecified atom stereocenters. The van der Waals surface area contributed by atoms with Crippen LogP contribution in [0.25, 0.3) is 0 Å². The molecule has 2 aromatic rings. The third-order valence-corrected chi connectivity index (χ3v) is 3.60. The van der Waals surface area contributed by atoms with Gasteiger partial charge in [-0.3, -0.25) is 4.79 Å². The predicted molar refractivity (Wildman–Crippen MR) is 94.6 cm³/mol. The van der Waals surface area contributed by atoms with Crippen LogP contribution in [0.1, 0.15) is 17.3 Å². The lowest BCUT2D eigenvalue weighted by atomic mass is 10.2. The number of ether oxygens (including phenoxy) is 3. The van der Waals surface area contributed by atoms with Crippen molar-refractivity contribution >= 4 is 29.2 Å². The fourth-order valence-electron chi connectivity index (χ4n) is 2.09. The van der Waals surface area contributed by atoms with Crippen LogP contribution in [0.15, 0.2) is 42.5 Å². The molecule has 0 aromatic heterocycles. The largest absolute Gasteiger partial charge is 0.495 e. The minimum absolute atomic E-state index is 0.0341. The molecule has 2 aromatic carbocycles. The molecule has 0 aliphatic carbocycles. The van der Waals surface area contributed by atoms with Crippen molar-refractivity contribution in [2.75, 3.05) is 12.4 Å². The maximum absolute atomic E-state index is 12.3. The molecule has 9 heteroatoms. The number of amides is 1. The maximum atomic E-state index is 12.3. The lowest BCUT2D eigenvalue weighted by molar-refractivity contribution is -0.123. The Morgan fingerprint density at radius 1 is 1.15 bits per heavy atom. The molecule has 0 spiro atoms. The van der Waals surface area contributed by atoms with Gasteiger partial charge in [0.05, 0.1) is 18.4 Å². The van der Waals surface area contributed by atoms with E-state index in [4.69, 9.17) is 21.1 Å². The number of hydrogen-bond donors (Lipinski definition) is 1. The van der Waals surface area contributed by atoms with E-state index in [9.17, 15) is 18.4 Å². The summed E-state index contributed by atoms with van der Waals surface area (Å²) in [6, 6.07) is 9.72. The van der Waals surface area contributed by atoms with Gasteiger partial charge in [-0.15, -0.1) is 0 Å². The number of carbonyl (C=O) groups excluding carboxylic acids is 2. The van der Waals surface area contributed by atoms with E-state index in [-0.39, 0.29) is 11.3 Å². The number of alkyl halides is 2. The monoisotopic (exact) mass is 399 g/mol. The van der Waals surface area contributed by atoms with Crippen molar-refractivity contribution in [1.29, 1.82) is 0 Å². The number of rotatable bonds is 7. The topological polar surface area (TPSA) is 73.9 Å². The first-order chi connectivity index (χ1) is 12.8. The standard InChI is InChI=1S/C18H16ClF2NO5/c1-10(16(23)22-14-9-12(19)6-7-15(14)25-2)26-17(24)11-4-3-5-13(8-11)27-18(20)21/h3-10,18H,1-2H3,(H,22,23)/t10-/m0/s1. The molecule has 144 valence electrons. The molecule has 27 heavy (non-hydrogen) atoms. The second kappa shape index (κ2) is 9.18. The Kier molecular flexibility index (Phi) is 6.95. The van der Waals surface area contributed by atoms with Gasteiger partial charge in [-0.2, -0.15) is 8.78 Å². The Balaban J connectivity index is 2.04. The van der Waals surface area contributed by atoms with Crippen LogP contribution >= 0.6 is 11.6 Å². The molecule has 0 saturated carbocycles. The Bertz CT molecular complexity index is 831. The summed E-state index contributed by atoms with van der Waals surface area (Å²) in [6.45, 7) is -1.65. The molecule has 6 nitrogen and oxygen atoms in total. The van der Waals surface area contributed by atoms with Crippen LogP contribution in [-0.2, 0) is 9.53 Å². The minimum atomic E-state index is -3.02. The van der Waals surface area contributed by atoms with Gasteiger partial charge in [0.25, 0.3) is 5.91 Å². The van der Waals surface area contributed by atoms with Crippen molar-refractivity contribution in [2.24, 2.45) is 0 Å². The predicted octanol–water partition coefficient (Wildman–Crippen LogP) is 4.13. The highest BCUT2D eigenvalue weighted by atomic mass is 35.5. The average Bonchev–Trinajstić information content (AvgIpc) is 2.61. The first kappa shape index (κ1) is 20.4. The van der Waals surface area contributed by atoms with Crippen molar-refractivity contribution in [3.05, 3.63) is 53.1 Å².